The third kappa shape index (κ3) is 5.54. The van der Waals surface area contributed by atoms with Crippen LogP contribution in [0.3, 0.4) is 0 Å². The zero-order valence-electron chi connectivity index (χ0n) is 12.2. The van der Waals surface area contributed by atoms with Crippen molar-refractivity contribution < 1.29 is 14.7 Å². The van der Waals surface area contributed by atoms with E-state index < -0.39 is 11.9 Å². The molecule has 1 aromatic rings. The summed E-state index contributed by atoms with van der Waals surface area (Å²) in [4.78, 5) is 22.1. The van der Waals surface area contributed by atoms with Crippen LogP contribution < -0.4 is 16.4 Å². The molecule has 0 unspecified atom stereocenters. The standard InChI is InChI=1S/C15H18N4O3/c1-10-4-5-12(17)13(7-10)19-9-11(8-16)15(22)18-6-2-3-14(20)21/h4-5,7,9,19H,2-3,6,17H2,1H3,(H,18,22)(H,20,21)/b11-9-. The Labute approximate surface area is 128 Å². The Kier molecular flexibility index (Phi) is 6.44. The minimum absolute atomic E-state index is 0.0377. The molecule has 0 fully saturated rings. The largest absolute Gasteiger partial charge is 0.481 e. The summed E-state index contributed by atoms with van der Waals surface area (Å²) in [7, 11) is 0. The Balaban J connectivity index is 2.62. The molecule has 0 saturated heterocycles. The lowest BCUT2D eigenvalue weighted by atomic mass is 10.2. The van der Waals surface area contributed by atoms with E-state index in [1.165, 1.54) is 6.20 Å². The first-order valence-corrected chi connectivity index (χ1v) is 6.67. The molecule has 0 aliphatic rings. The third-order valence-corrected chi connectivity index (χ3v) is 2.80. The zero-order chi connectivity index (χ0) is 16.5. The summed E-state index contributed by atoms with van der Waals surface area (Å²) < 4.78 is 0. The van der Waals surface area contributed by atoms with E-state index in [9.17, 15) is 9.59 Å². The second-order valence-electron chi connectivity index (χ2n) is 4.66. The maximum atomic E-state index is 11.8. The van der Waals surface area contributed by atoms with E-state index in [1.54, 1.807) is 18.2 Å². The lowest BCUT2D eigenvalue weighted by Gasteiger charge is -2.07. The van der Waals surface area contributed by atoms with Crippen molar-refractivity contribution in [1.29, 1.82) is 5.26 Å². The van der Waals surface area contributed by atoms with Crippen molar-refractivity contribution in [1.82, 2.24) is 5.32 Å². The molecule has 116 valence electrons. The van der Waals surface area contributed by atoms with Gasteiger partial charge in [-0.25, -0.2) is 0 Å². The molecular formula is C15H18N4O3. The number of carbonyl (C=O) groups excluding carboxylic acids is 1. The molecule has 1 amide bonds. The number of nitrogens with zero attached hydrogens (tertiary/aromatic N) is 1. The molecule has 7 nitrogen and oxygen atoms in total. The molecule has 0 spiro atoms. The number of anilines is 2. The van der Waals surface area contributed by atoms with Gasteiger partial charge in [0.1, 0.15) is 11.6 Å². The summed E-state index contributed by atoms with van der Waals surface area (Å²) in [5, 5.41) is 22.8. The second kappa shape index (κ2) is 8.32. The number of amides is 1. The van der Waals surface area contributed by atoms with Crippen LogP contribution in [0.15, 0.2) is 30.0 Å². The number of nitriles is 1. The summed E-state index contributed by atoms with van der Waals surface area (Å²) in [6, 6.07) is 7.16. The molecule has 1 rings (SSSR count). The molecule has 0 aromatic heterocycles. The maximum Gasteiger partial charge on any atom is 0.303 e. The van der Waals surface area contributed by atoms with Crippen LogP contribution >= 0.6 is 0 Å². The van der Waals surface area contributed by atoms with E-state index in [2.05, 4.69) is 10.6 Å². The highest BCUT2D eigenvalue weighted by molar-refractivity contribution is 5.97. The van der Waals surface area contributed by atoms with Crippen molar-refractivity contribution in [2.24, 2.45) is 0 Å². The number of carbonyl (C=O) groups is 2. The minimum Gasteiger partial charge on any atom is -0.481 e. The number of nitrogens with two attached hydrogens (primary N) is 1. The topological polar surface area (TPSA) is 128 Å². The van der Waals surface area contributed by atoms with Crippen LogP contribution in [0, 0.1) is 18.3 Å². The van der Waals surface area contributed by atoms with Gasteiger partial charge in [-0.2, -0.15) is 5.26 Å². The van der Waals surface area contributed by atoms with E-state index in [0.29, 0.717) is 17.8 Å². The van der Waals surface area contributed by atoms with Gasteiger partial charge in [-0.3, -0.25) is 9.59 Å². The highest BCUT2D eigenvalue weighted by atomic mass is 16.4. The minimum atomic E-state index is -0.929. The highest BCUT2D eigenvalue weighted by Crippen LogP contribution is 2.19. The fraction of sp³-hybridized carbons (Fsp3) is 0.267. The number of carboxylic acids is 1. The maximum absolute atomic E-state index is 11.8. The first-order valence-electron chi connectivity index (χ1n) is 6.67. The van der Waals surface area contributed by atoms with Crippen LogP contribution in [0.1, 0.15) is 18.4 Å². The van der Waals surface area contributed by atoms with E-state index in [4.69, 9.17) is 16.1 Å². The van der Waals surface area contributed by atoms with Gasteiger partial charge < -0.3 is 21.5 Å². The first-order chi connectivity index (χ1) is 10.4. The lowest BCUT2D eigenvalue weighted by molar-refractivity contribution is -0.137. The predicted molar refractivity (Wildman–Crippen MR) is 82.8 cm³/mol. The van der Waals surface area contributed by atoms with Crippen molar-refractivity contribution in [2.45, 2.75) is 19.8 Å². The van der Waals surface area contributed by atoms with E-state index in [0.717, 1.165) is 5.56 Å². The Bertz CT molecular complexity index is 632. The molecule has 0 aliphatic heterocycles. The zero-order valence-corrected chi connectivity index (χ0v) is 12.2. The summed E-state index contributed by atoms with van der Waals surface area (Å²) in [6.45, 7) is 2.09. The van der Waals surface area contributed by atoms with Crippen LogP contribution in [0.25, 0.3) is 0 Å². The molecule has 0 bridgehead atoms. The van der Waals surface area contributed by atoms with E-state index in [1.807, 2.05) is 13.0 Å². The molecule has 0 radical (unpaired) electrons. The third-order valence-electron chi connectivity index (χ3n) is 2.80. The Morgan fingerprint density at radius 2 is 2.18 bits per heavy atom. The van der Waals surface area contributed by atoms with Gasteiger partial charge in [0.15, 0.2) is 0 Å². The number of aliphatic carboxylic acids is 1. The van der Waals surface area contributed by atoms with Gasteiger partial charge in [0.2, 0.25) is 0 Å². The molecule has 1 aromatic carbocycles. The smallest absolute Gasteiger partial charge is 0.303 e. The van der Waals surface area contributed by atoms with Crippen LogP contribution in [0.2, 0.25) is 0 Å². The van der Waals surface area contributed by atoms with Crippen molar-refractivity contribution >= 4 is 23.3 Å². The molecule has 0 heterocycles. The predicted octanol–water partition coefficient (Wildman–Crippen LogP) is 1.38. The summed E-state index contributed by atoms with van der Waals surface area (Å²) in [5.74, 6) is -1.49. The molecule has 7 heteroatoms. The van der Waals surface area contributed by atoms with Crippen LogP contribution in [-0.4, -0.2) is 23.5 Å². The first kappa shape index (κ1) is 17.0. The quantitative estimate of drug-likeness (QED) is 0.261. The fourth-order valence-corrected chi connectivity index (χ4v) is 1.63. The number of nitrogen functional groups attached to an aromatic ring is 1. The number of hydrogen-bond acceptors (Lipinski definition) is 5. The highest BCUT2D eigenvalue weighted by Gasteiger charge is 2.08. The molecular weight excluding hydrogens is 284 g/mol. The van der Waals surface area contributed by atoms with Gasteiger partial charge in [0.05, 0.1) is 11.4 Å². The molecule has 22 heavy (non-hydrogen) atoms. The van der Waals surface area contributed by atoms with Crippen molar-refractivity contribution in [3.05, 3.63) is 35.5 Å². The second-order valence-corrected chi connectivity index (χ2v) is 4.66. The molecule has 5 N–H and O–H groups in total. The molecule has 0 saturated carbocycles. The Morgan fingerprint density at radius 1 is 1.45 bits per heavy atom. The number of rotatable bonds is 7. The number of hydrogen-bond donors (Lipinski definition) is 4. The van der Waals surface area contributed by atoms with Gasteiger partial charge >= 0.3 is 5.97 Å². The van der Waals surface area contributed by atoms with E-state index >= 15 is 0 Å². The number of nitrogens with one attached hydrogen (secondary N) is 2. The van der Waals surface area contributed by atoms with Gasteiger partial charge in [0, 0.05) is 19.2 Å². The number of aryl methyl sites for hydroxylation is 1. The van der Waals surface area contributed by atoms with Crippen molar-refractivity contribution in [3.63, 3.8) is 0 Å². The van der Waals surface area contributed by atoms with Crippen LogP contribution in [0.5, 0.6) is 0 Å². The average molecular weight is 302 g/mol. The van der Waals surface area contributed by atoms with Crippen molar-refractivity contribution in [3.8, 4) is 6.07 Å². The summed E-state index contributed by atoms with van der Waals surface area (Å²) >= 11 is 0. The number of carboxylic acid groups (broad SMARTS) is 1. The molecule has 0 aliphatic carbocycles. The van der Waals surface area contributed by atoms with Crippen LogP contribution in [0.4, 0.5) is 11.4 Å². The van der Waals surface area contributed by atoms with Gasteiger partial charge in [-0.05, 0) is 31.0 Å². The SMILES string of the molecule is Cc1ccc(N)c(N/C=C(/C#N)C(=O)NCCCC(=O)O)c1. The Morgan fingerprint density at radius 3 is 2.82 bits per heavy atom. The average Bonchev–Trinajstić information content (AvgIpc) is 2.47. The van der Waals surface area contributed by atoms with E-state index in [-0.39, 0.29) is 18.5 Å². The Hall–Kier alpha value is -3.01. The van der Waals surface area contributed by atoms with Crippen LogP contribution in [-0.2, 0) is 9.59 Å². The fourth-order valence-electron chi connectivity index (χ4n) is 1.63. The number of benzene rings is 1. The monoisotopic (exact) mass is 302 g/mol. The summed E-state index contributed by atoms with van der Waals surface area (Å²) in [6.07, 6.45) is 1.54. The summed E-state index contributed by atoms with van der Waals surface area (Å²) in [5.41, 5.74) is 7.77. The van der Waals surface area contributed by atoms with Gasteiger partial charge in [-0.1, -0.05) is 6.07 Å². The molecule has 0 atom stereocenters. The lowest BCUT2D eigenvalue weighted by Crippen LogP contribution is -2.26. The van der Waals surface area contributed by atoms with Gasteiger partial charge in [-0.15, -0.1) is 0 Å². The van der Waals surface area contributed by atoms with Gasteiger partial charge in [0.25, 0.3) is 5.91 Å². The normalized spacial score (nSPS) is 10.6. The van der Waals surface area contributed by atoms with Crippen molar-refractivity contribution in [2.75, 3.05) is 17.6 Å².